The van der Waals surface area contributed by atoms with E-state index in [0.717, 1.165) is 17.8 Å². The number of rotatable bonds is 5. The van der Waals surface area contributed by atoms with Gasteiger partial charge in [0, 0.05) is 25.2 Å². The lowest BCUT2D eigenvalue weighted by Gasteiger charge is -2.17. The average Bonchev–Trinajstić information content (AvgIpc) is 2.97. The molecule has 1 amide bonds. The molecule has 1 heterocycles. The van der Waals surface area contributed by atoms with Gasteiger partial charge in [-0.2, -0.15) is 0 Å². The van der Waals surface area contributed by atoms with Gasteiger partial charge in [-0.15, -0.1) is 0 Å². The van der Waals surface area contributed by atoms with Crippen LogP contribution in [0.3, 0.4) is 0 Å². The lowest BCUT2D eigenvalue weighted by atomic mass is 10.1. The number of para-hydroxylation sites is 1. The van der Waals surface area contributed by atoms with Crippen molar-refractivity contribution in [2.24, 2.45) is 5.92 Å². The van der Waals surface area contributed by atoms with Gasteiger partial charge in [-0.25, -0.2) is 21.9 Å². The van der Waals surface area contributed by atoms with Crippen LogP contribution >= 0.6 is 0 Å². The lowest BCUT2D eigenvalue weighted by molar-refractivity contribution is -0.117. The predicted octanol–water partition coefficient (Wildman–Crippen LogP) is 2.30. The first-order valence-corrected chi connectivity index (χ1v) is 9.15. The van der Waals surface area contributed by atoms with Crippen LogP contribution in [0.15, 0.2) is 53.4 Å². The zero-order valence-electron chi connectivity index (χ0n) is 13.2. The van der Waals surface area contributed by atoms with Crippen LogP contribution in [0.1, 0.15) is 6.42 Å². The van der Waals surface area contributed by atoms with E-state index < -0.39 is 26.6 Å². The average molecular weight is 366 g/mol. The molecule has 5 nitrogen and oxygen atoms in total. The molecule has 1 aliphatic rings. The zero-order chi connectivity index (χ0) is 18.0. The molecule has 1 atom stereocenters. The van der Waals surface area contributed by atoms with E-state index in [0.29, 0.717) is 12.6 Å². The fraction of sp³-hybridized carbons (Fsp3) is 0.235. The fourth-order valence-electron chi connectivity index (χ4n) is 2.76. The quantitative estimate of drug-likeness (QED) is 0.883. The summed E-state index contributed by atoms with van der Waals surface area (Å²) in [5.41, 5.74) is 0.744. The highest BCUT2D eigenvalue weighted by atomic mass is 32.2. The number of anilines is 1. The van der Waals surface area contributed by atoms with Gasteiger partial charge in [-0.3, -0.25) is 4.79 Å². The van der Waals surface area contributed by atoms with Crippen molar-refractivity contribution in [1.82, 2.24) is 4.72 Å². The molecule has 1 unspecified atom stereocenters. The van der Waals surface area contributed by atoms with Crippen molar-refractivity contribution < 1.29 is 22.0 Å². The maximum absolute atomic E-state index is 13.7. The molecule has 1 fully saturated rings. The summed E-state index contributed by atoms with van der Waals surface area (Å²) in [4.78, 5) is 13.0. The summed E-state index contributed by atoms with van der Waals surface area (Å²) in [6, 6.07) is 11.3. The highest BCUT2D eigenvalue weighted by Gasteiger charge is 2.31. The van der Waals surface area contributed by atoms with Crippen LogP contribution in [-0.4, -0.2) is 27.4 Å². The number of hydrogen-bond acceptors (Lipinski definition) is 3. The van der Waals surface area contributed by atoms with Crippen molar-refractivity contribution in [3.05, 3.63) is 60.2 Å². The van der Waals surface area contributed by atoms with E-state index in [1.165, 1.54) is 0 Å². The molecule has 0 spiro atoms. The minimum atomic E-state index is -4.20. The van der Waals surface area contributed by atoms with Crippen molar-refractivity contribution >= 4 is 21.6 Å². The van der Waals surface area contributed by atoms with Crippen LogP contribution < -0.4 is 9.62 Å². The Labute approximate surface area is 144 Å². The van der Waals surface area contributed by atoms with E-state index in [9.17, 15) is 22.0 Å². The third-order valence-electron chi connectivity index (χ3n) is 4.02. The molecule has 2 aromatic carbocycles. The molecule has 1 aliphatic heterocycles. The van der Waals surface area contributed by atoms with Crippen LogP contribution in [0, 0.1) is 17.6 Å². The largest absolute Gasteiger partial charge is 0.312 e. The van der Waals surface area contributed by atoms with E-state index >= 15 is 0 Å². The second-order valence-corrected chi connectivity index (χ2v) is 7.57. The van der Waals surface area contributed by atoms with Crippen molar-refractivity contribution in [3.63, 3.8) is 0 Å². The maximum atomic E-state index is 13.7. The smallest absolute Gasteiger partial charge is 0.243 e. The number of benzene rings is 2. The summed E-state index contributed by atoms with van der Waals surface area (Å²) in [6.07, 6.45) is 0.184. The second kappa shape index (κ2) is 6.89. The number of nitrogens with zero attached hydrogens (tertiary/aromatic N) is 1. The third kappa shape index (κ3) is 3.85. The standard InChI is InChI=1S/C17H16F2N2O3S/c18-13-6-7-15(19)16(9-13)25(23,24)20-10-12-8-17(22)21(11-12)14-4-2-1-3-5-14/h1-7,9,12,20H,8,10-11H2. The number of carbonyl (C=O) groups is 1. The van der Waals surface area contributed by atoms with E-state index in [4.69, 9.17) is 0 Å². The van der Waals surface area contributed by atoms with Crippen LogP contribution in [0.4, 0.5) is 14.5 Å². The van der Waals surface area contributed by atoms with Crippen molar-refractivity contribution in [2.45, 2.75) is 11.3 Å². The molecule has 132 valence electrons. The van der Waals surface area contributed by atoms with Crippen LogP contribution in [0.5, 0.6) is 0 Å². The molecular formula is C17H16F2N2O3S. The number of hydrogen-bond donors (Lipinski definition) is 1. The Balaban J connectivity index is 1.68. The van der Waals surface area contributed by atoms with E-state index in [-0.39, 0.29) is 24.8 Å². The van der Waals surface area contributed by atoms with E-state index in [1.54, 1.807) is 17.0 Å². The Bertz CT molecular complexity index is 888. The van der Waals surface area contributed by atoms with Gasteiger partial charge in [0.1, 0.15) is 16.5 Å². The molecule has 0 radical (unpaired) electrons. The molecule has 0 aromatic heterocycles. The monoisotopic (exact) mass is 366 g/mol. The van der Waals surface area contributed by atoms with Crippen LogP contribution in [0.25, 0.3) is 0 Å². The van der Waals surface area contributed by atoms with Gasteiger partial charge in [-0.1, -0.05) is 18.2 Å². The van der Waals surface area contributed by atoms with Gasteiger partial charge in [0.25, 0.3) is 0 Å². The lowest BCUT2D eigenvalue weighted by Crippen LogP contribution is -2.31. The Morgan fingerprint density at radius 2 is 1.84 bits per heavy atom. The minimum absolute atomic E-state index is 0.0344. The van der Waals surface area contributed by atoms with Gasteiger partial charge in [0.15, 0.2) is 0 Å². The number of carbonyl (C=O) groups excluding carboxylic acids is 1. The molecule has 1 N–H and O–H groups in total. The number of nitrogens with one attached hydrogen (secondary N) is 1. The summed E-state index contributed by atoms with van der Waals surface area (Å²) in [7, 11) is -4.20. The van der Waals surface area contributed by atoms with Gasteiger partial charge < -0.3 is 4.90 Å². The van der Waals surface area contributed by atoms with Gasteiger partial charge in [0.2, 0.25) is 15.9 Å². The molecule has 0 saturated carbocycles. The topological polar surface area (TPSA) is 66.5 Å². The summed E-state index contributed by atoms with van der Waals surface area (Å²) in [6.45, 7) is 0.324. The van der Waals surface area contributed by atoms with Gasteiger partial charge in [-0.05, 0) is 36.2 Å². The SMILES string of the molecule is O=C1CC(CNS(=O)(=O)c2cc(F)ccc2F)CN1c1ccccc1. The number of sulfonamides is 1. The zero-order valence-corrected chi connectivity index (χ0v) is 14.0. The Kier molecular flexibility index (Phi) is 4.82. The highest BCUT2D eigenvalue weighted by molar-refractivity contribution is 7.89. The predicted molar refractivity (Wildman–Crippen MR) is 88.4 cm³/mol. The second-order valence-electron chi connectivity index (χ2n) is 5.84. The third-order valence-corrected chi connectivity index (χ3v) is 5.46. The maximum Gasteiger partial charge on any atom is 0.243 e. The summed E-state index contributed by atoms with van der Waals surface area (Å²) in [5.74, 6) is -2.22. The molecule has 3 rings (SSSR count). The minimum Gasteiger partial charge on any atom is -0.312 e. The van der Waals surface area contributed by atoms with Crippen molar-refractivity contribution in [3.8, 4) is 0 Å². The number of amides is 1. The molecule has 2 aromatic rings. The Hall–Kier alpha value is -2.32. The van der Waals surface area contributed by atoms with Crippen molar-refractivity contribution in [2.75, 3.05) is 18.0 Å². The Morgan fingerprint density at radius 3 is 2.56 bits per heavy atom. The molecular weight excluding hydrogens is 350 g/mol. The first-order chi connectivity index (χ1) is 11.9. The summed E-state index contributed by atoms with van der Waals surface area (Å²) < 4.78 is 53.5. The number of halogens is 2. The first kappa shape index (κ1) is 17.5. The van der Waals surface area contributed by atoms with Gasteiger partial charge in [0.05, 0.1) is 0 Å². The highest BCUT2D eigenvalue weighted by Crippen LogP contribution is 2.25. The molecule has 8 heteroatoms. The van der Waals surface area contributed by atoms with Crippen molar-refractivity contribution in [1.29, 1.82) is 0 Å². The molecule has 0 bridgehead atoms. The van der Waals surface area contributed by atoms with Crippen LogP contribution in [-0.2, 0) is 14.8 Å². The van der Waals surface area contributed by atoms with Crippen LogP contribution in [0.2, 0.25) is 0 Å². The van der Waals surface area contributed by atoms with E-state index in [1.807, 2.05) is 18.2 Å². The molecule has 0 aliphatic carbocycles. The molecule has 1 saturated heterocycles. The normalized spacial score (nSPS) is 17.9. The fourth-order valence-corrected chi connectivity index (χ4v) is 3.97. The summed E-state index contributed by atoms with van der Waals surface area (Å²) >= 11 is 0. The first-order valence-electron chi connectivity index (χ1n) is 7.67. The Morgan fingerprint density at radius 1 is 1.12 bits per heavy atom. The van der Waals surface area contributed by atoms with E-state index in [2.05, 4.69) is 4.72 Å². The summed E-state index contributed by atoms with van der Waals surface area (Å²) in [5, 5.41) is 0. The van der Waals surface area contributed by atoms with Gasteiger partial charge >= 0.3 is 0 Å². The molecule has 25 heavy (non-hydrogen) atoms.